The number of ether oxygens (including phenoxy) is 2. The van der Waals surface area contributed by atoms with Gasteiger partial charge in [0.05, 0.1) is 0 Å². The molecule has 4 rings (SSSR count). The van der Waals surface area contributed by atoms with E-state index in [1.807, 2.05) is 18.2 Å². The Balaban J connectivity index is 1.46. The molecular weight excluding hydrogens is 304 g/mol. The molecule has 0 aromatic heterocycles. The molecule has 5 heteroatoms. The van der Waals surface area contributed by atoms with Crippen molar-refractivity contribution in [3.05, 3.63) is 53.1 Å². The Labute approximate surface area is 141 Å². The van der Waals surface area contributed by atoms with Crippen LogP contribution in [0.1, 0.15) is 36.1 Å². The van der Waals surface area contributed by atoms with Crippen molar-refractivity contribution in [2.75, 3.05) is 12.1 Å². The fourth-order valence-electron chi connectivity index (χ4n) is 3.18. The summed E-state index contributed by atoms with van der Waals surface area (Å²) in [5.74, 6) is 1.75. The summed E-state index contributed by atoms with van der Waals surface area (Å²) in [6.07, 6.45) is 1.37. The number of rotatable bonds is 4. The summed E-state index contributed by atoms with van der Waals surface area (Å²) in [6, 6.07) is 12.4. The van der Waals surface area contributed by atoms with Crippen molar-refractivity contribution in [3.63, 3.8) is 0 Å². The molecule has 0 aliphatic carbocycles. The Kier molecular flexibility index (Phi) is 3.86. The molecule has 0 saturated carbocycles. The highest BCUT2D eigenvalue weighted by Gasteiger charge is 2.19. The first-order valence-corrected chi connectivity index (χ1v) is 8.24. The van der Waals surface area contributed by atoms with E-state index in [4.69, 9.17) is 9.47 Å². The van der Waals surface area contributed by atoms with E-state index in [1.165, 1.54) is 11.1 Å². The van der Waals surface area contributed by atoms with Crippen LogP contribution < -0.4 is 20.1 Å². The van der Waals surface area contributed by atoms with Crippen molar-refractivity contribution >= 4 is 11.6 Å². The van der Waals surface area contributed by atoms with Gasteiger partial charge in [-0.2, -0.15) is 0 Å². The number of nitrogens with one attached hydrogen (secondary N) is 2. The van der Waals surface area contributed by atoms with Gasteiger partial charge < -0.3 is 20.1 Å². The molecule has 2 N–H and O–H groups in total. The molecular formula is C19H20N2O3. The first-order valence-electron chi connectivity index (χ1n) is 8.24. The lowest BCUT2D eigenvalue weighted by atomic mass is 9.97. The number of benzene rings is 2. The zero-order chi connectivity index (χ0) is 16.5. The quantitative estimate of drug-likeness (QED) is 0.907. The van der Waals surface area contributed by atoms with E-state index in [0.717, 1.165) is 29.2 Å². The van der Waals surface area contributed by atoms with Gasteiger partial charge in [0, 0.05) is 30.3 Å². The summed E-state index contributed by atoms with van der Waals surface area (Å²) in [4.78, 5) is 11.5. The molecule has 2 heterocycles. The number of para-hydroxylation sites is 1. The zero-order valence-electron chi connectivity index (χ0n) is 13.6. The van der Waals surface area contributed by atoms with Gasteiger partial charge in [-0.3, -0.25) is 4.79 Å². The third-order valence-electron chi connectivity index (χ3n) is 4.60. The van der Waals surface area contributed by atoms with E-state index in [1.54, 1.807) is 0 Å². The second-order valence-corrected chi connectivity index (χ2v) is 6.22. The average molecular weight is 324 g/mol. The van der Waals surface area contributed by atoms with Crippen LogP contribution >= 0.6 is 0 Å². The van der Waals surface area contributed by atoms with E-state index >= 15 is 0 Å². The van der Waals surface area contributed by atoms with Crippen molar-refractivity contribution in [2.45, 2.75) is 32.4 Å². The molecule has 124 valence electrons. The van der Waals surface area contributed by atoms with Crippen LogP contribution in [0.4, 0.5) is 5.69 Å². The maximum atomic E-state index is 11.5. The van der Waals surface area contributed by atoms with Gasteiger partial charge in [0.1, 0.15) is 0 Å². The molecule has 5 nitrogen and oxygen atoms in total. The fraction of sp³-hybridized carbons (Fsp3) is 0.316. The minimum absolute atomic E-state index is 0.0987. The monoisotopic (exact) mass is 324 g/mol. The third-order valence-corrected chi connectivity index (χ3v) is 4.60. The molecule has 24 heavy (non-hydrogen) atoms. The van der Waals surface area contributed by atoms with Crippen LogP contribution in [0.3, 0.4) is 0 Å². The number of fused-ring (bicyclic) bond motifs is 2. The van der Waals surface area contributed by atoms with Gasteiger partial charge in [-0.25, -0.2) is 0 Å². The van der Waals surface area contributed by atoms with Crippen molar-refractivity contribution in [1.29, 1.82) is 0 Å². The standard InChI is InChI=1S/C19H20N2O3/c1-12(13-5-7-16-14(9-13)6-8-18(22)21-16)20-10-15-3-2-4-17-19(15)24-11-23-17/h2-5,7,9,12,20H,6,8,10-11H2,1H3,(H,21,22)/t12-/m0/s1. The molecule has 0 fully saturated rings. The second-order valence-electron chi connectivity index (χ2n) is 6.22. The number of carbonyl (C=O) groups excluding carboxylic acids is 1. The first kappa shape index (κ1) is 15.0. The predicted molar refractivity (Wildman–Crippen MR) is 91.2 cm³/mol. The van der Waals surface area contributed by atoms with Crippen LogP contribution in [0.15, 0.2) is 36.4 Å². The maximum Gasteiger partial charge on any atom is 0.231 e. The number of aryl methyl sites for hydroxylation is 1. The molecule has 0 radical (unpaired) electrons. The van der Waals surface area contributed by atoms with Gasteiger partial charge >= 0.3 is 0 Å². The van der Waals surface area contributed by atoms with Gasteiger partial charge in [-0.15, -0.1) is 0 Å². The van der Waals surface area contributed by atoms with Gasteiger partial charge in [0.25, 0.3) is 0 Å². The highest BCUT2D eigenvalue weighted by Crippen LogP contribution is 2.35. The summed E-state index contributed by atoms with van der Waals surface area (Å²) in [5, 5.41) is 6.46. The lowest BCUT2D eigenvalue weighted by Gasteiger charge is -2.20. The highest BCUT2D eigenvalue weighted by molar-refractivity contribution is 5.93. The lowest BCUT2D eigenvalue weighted by molar-refractivity contribution is -0.116. The Morgan fingerprint density at radius 2 is 2.12 bits per heavy atom. The second kappa shape index (κ2) is 6.17. The first-order chi connectivity index (χ1) is 11.7. The summed E-state index contributed by atoms with van der Waals surface area (Å²) in [5.41, 5.74) is 4.46. The van der Waals surface area contributed by atoms with Crippen LogP contribution in [0, 0.1) is 0 Å². The summed E-state index contributed by atoms with van der Waals surface area (Å²) >= 11 is 0. The molecule has 0 saturated heterocycles. The number of carbonyl (C=O) groups is 1. The number of anilines is 1. The van der Waals surface area contributed by atoms with Crippen LogP contribution in [0.25, 0.3) is 0 Å². The minimum atomic E-state index is 0.0987. The fourth-order valence-corrected chi connectivity index (χ4v) is 3.18. The maximum absolute atomic E-state index is 11.5. The van der Waals surface area contributed by atoms with Gasteiger partial charge in [0.15, 0.2) is 11.5 Å². The Morgan fingerprint density at radius 1 is 1.21 bits per heavy atom. The van der Waals surface area contributed by atoms with Crippen molar-refractivity contribution in [2.24, 2.45) is 0 Å². The minimum Gasteiger partial charge on any atom is -0.454 e. The summed E-state index contributed by atoms with van der Waals surface area (Å²) < 4.78 is 11.0. The molecule has 2 aromatic carbocycles. The normalized spacial score (nSPS) is 16.5. The van der Waals surface area contributed by atoms with E-state index in [0.29, 0.717) is 19.8 Å². The number of amides is 1. The Hall–Kier alpha value is -2.53. The summed E-state index contributed by atoms with van der Waals surface area (Å²) in [7, 11) is 0. The topological polar surface area (TPSA) is 59.6 Å². The third kappa shape index (κ3) is 2.83. The number of hydrogen-bond acceptors (Lipinski definition) is 4. The predicted octanol–water partition coefficient (Wildman–Crippen LogP) is 3.15. The zero-order valence-corrected chi connectivity index (χ0v) is 13.6. The van der Waals surface area contributed by atoms with E-state index in [9.17, 15) is 4.79 Å². The summed E-state index contributed by atoms with van der Waals surface area (Å²) in [6.45, 7) is 3.14. The molecule has 2 aliphatic rings. The molecule has 0 bridgehead atoms. The van der Waals surface area contributed by atoms with Gasteiger partial charge in [-0.1, -0.05) is 24.3 Å². The number of hydrogen-bond donors (Lipinski definition) is 2. The molecule has 2 aromatic rings. The van der Waals surface area contributed by atoms with Crippen molar-refractivity contribution < 1.29 is 14.3 Å². The molecule has 1 atom stereocenters. The van der Waals surface area contributed by atoms with E-state index in [2.05, 4.69) is 35.8 Å². The Morgan fingerprint density at radius 3 is 3.04 bits per heavy atom. The van der Waals surface area contributed by atoms with Crippen LogP contribution in [0.5, 0.6) is 11.5 Å². The average Bonchev–Trinajstić information content (AvgIpc) is 3.08. The van der Waals surface area contributed by atoms with Gasteiger partial charge in [-0.05, 0) is 36.6 Å². The molecule has 1 amide bonds. The molecule has 0 spiro atoms. The van der Waals surface area contributed by atoms with Crippen molar-refractivity contribution in [3.8, 4) is 11.5 Å². The lowest BCUT2D eigenvalue weighted by Crippen LogP contribution is -2.21. The molecule has 2 aliphatic heterocycles. The van der Waals surface area contributed by atoms with Crippen LogP contribution in [-0.4, -0.2) is 12.7 Å². The van der Waals surface area contributed by atoms with Crippen LogP contribution in [0.2, 0.25) is 0 Å². The van der Waals surface area contributed by atoms with E-state index in [-0.39, 0.29) is 11.9 Å². The largest absolute Gasteiger partial charge is 0.454 e. The molecule has 0 unspecified atom stereocenters. The smallest absolute Gasteiger partial charge is 0.231 e. The van der Waals surface area contributed by atoms with E-state index < -0.39 is 0 Å². The Bertz CT molecular complexity index is 788. The SMILES string of the molecule is C[C@H](NCc1cccc2c1OCO2)c1ccc2c(c1)CCC(=O)N2. The highest BCUT2D eigenvalue weighted by atomic mass is 16.7. The van der Waals surface area contributed by atoms with Crippen LogP contribution in [-0.2, 0) is 17.8 Å². The van der Waals surface area contributed by atoms with Gasteiger partial charge in [0.2, 0.25) is 12.7 Å². The van der Waals surface area contributed by atoms with Crippen molar-refractivity contribution in [1.82, 2.24) is 5.32 Å².